The van der Waals surface area contributed by atoms with Crippen LogP contribution in [0.1, 0.15) is 22.7 Å². The second kappa shape index (κ2) is 8.59. The van der Waals surface area contributed by atoms with Crippen LogP contribution in [0.15, 0.2) is 72.8 Å². The molecule has 1 aliphatic rings. The molecule has 0 fully saturated rings. The molecule has 3 aromatic rings. The molecule has 2 amide bonds. The molecule has 30 heavy (non-hydrogen) atoms. The Hall–Kier alpha value is -3.31. The molecule has 1 atom stereocenters. The standard InChI is InChI=1S/C24H21ClN2O3/c1-30-19-10-7-16(8-11-19)13-23(29)27-15-22(28)26-21-12-9-18(25)14-20(21)24(27)17-5-3-2-4-6-17/h2-12,14,24H,13,15H2,1H3,(H,26,28)/t24-/m0/s1. The van der Waals surface area contributed by atoms with Gasteiger partial charge < -0.3 is 15.0 Å². The number of rotatable bonds is 4. The van der Waals surface area contributed by atoms with Gasteiger partial charge in [0.15, 0.2) is 0 Å². The number of hydrogen-bond donors (Lipinski definition) is 1. The van der Waals surface area contributed by atoms with E-state index in [1.807, 2.05) is 60.7 Å². The van der Waals surface area contributed by atoms with Crippen LogP contribution in [0.2, 0.25) is 5.02 Å². The van der Waals surface area contributed by atoms with E-state index in [9.17, 15) is 9.59 Å². The van der Waals surface area contributed by atoms with Gasteiger partial charge in [0.25, 0.3) is 0 Å². The smallest absolute Gasteiger partial charge is 0.244 e. The molecule has 0 aromatic heterocycles. The minimum absolute atomic E-state index is 0.0408. The predicted octanol–water partition coefficient (Wildman–Crippen LogP) is 4.46. The largest absolute Gasteiger partial charge is 0.497 e. The molecule has 0 unspecified atom stereocenters. The number of nitrogens with one attached hydrogen (secondary N) is 1. The van der Waals surface area contributed by atoms with E-state index >= 15 is 0 Å². The van der Waals surface area contributed by atoms with Crippen molar-refractivity contribution >= 4 is 29.1 Å². The number of benzene rings is 3. The average molecular weight is 421 g/mol. The van der Waals surface area contributed by atoms with Gasteiger partial charge in [-0.25, -0.2) is 0 Å². The summed E-state index contributed by atoms with van der Waals surface area (Å²) in [7, 11) is 1.60. The summed E-state index contributed by atoms with van der Waals surface area (Å²) in [6.07, 6.45) is 0.177. The van der Waals surface area contributed by atoms with Gasteiger partial charge in [-0.05, 0) is 41.5 Å². The van der Waals surface area contributed by atoms with E-state index in [1.54, 1.807) is 24.1 Å². The van der Waals surface area contributed by atoms with E-state index in [0.29, 0.717) is 10.7 Å². The first-order valence-corrected chi connectivity index (χ1v) is 9.99. The Morgan fingerprint density at radius 1 is 1.10 bits per heavy atom. The third kappa shape index (κ3) is 4.16. The zero-order valence-electron chi connectivity index (χ0n) is 16.5. The molecule has 5 nitrogen and oxygen atoms in total. The van der Waals surface area contributed by atoms with Gasteiger partial charge in [-0.3, -0.25) is 9.59 Å². The quantitative estimate of drug-likeness (QED) is 0.677. The monoisotopic (exact) mass is 420 g/mol. The lowest BCUT2D eigenvalue weighted by atomic mass is 9.95. The van der Waals surface area contributed by atoms with E-state index in [4.69, 9.17) is 16.3 Å². The summed E-state index contributed by atoms with van der Waals surface area (Å²) in [5, 5.41) is 3.45. The molecule has 1 heterocycles. The van der Waals surface area contributed by atoms with Gasteiger partial charge >= 0.3 is 0 Å². The number of nitrogens with zero attached hydrogens (tertiary/aromatic N) is 1. The van der Waals surface area contributed by atoms with Crippen LogP contribution in [-0.2, 0) is 16.0 Å². The minimum Gasteiger partial charge on any atom is -0.497 e. The molecule has 3 aromatic carbocycles. The molecule has 6 heteroatoms. The molecular weight excluding hydrogens is 400 g/mol. The summed E-state index contributed by atoms with van der Waals surface area (Å²) in [5.74, 6) is 0.350. The van der Waals surface area contributed by atoms with Gasteiger partial charge in [0.1, 0.15) is 12.3 Å². The van der Waals surface area contributed by atoms with Crippen molar-refractivity contribution in [3.05, 3.63) is 94.5 Å². The summed E-state index contributed by atoms with van der Waals surface area (Å²) < 4.78 is 5.19. The second-order valence-corrected chi connectivity index (χ2v) is 7.58. The summed E-state index contributed by atoms with van der Waals surface area (Å²) in [4.78, 5) is 27.6. The maximum Gasteiger partial charge on any atom is 0.244 e. The summed E-state index contributed by atoms with van der Waals surface area (Å²) in [6.45, 7) is -0.0408. The number of hydrogen-bond acceptors (Lipinski definition) is 3. The SMILES string of the molecule is COc1ccc(CC(=O)N2CC(=O)Nc3ccc(Cl)cc3[C@@H]2c2ccccc2)cc1. The van der Waals surface area contributed by atoms with E-state index in [2.05, 4.69) is 5.32 Å². The molecular formula is C24H21ClN2O3. The normalized spacial score (nSPS) is 15.7. The molecule has 0 bridgehead atoms. The first-order chi connectivity index (χ1) is 14.5. The number of methoxy groups -OCH3 is 1. The highest BCUT2D eigenvalue weighted by Gasteiger charge is 2.33. The van der Waals surface area contributed by atoms with Crippen molar-refractivity contribution in [3.63, 3.8) is 0 Å². The molecule has 1 aliphatic heterocycles. The van der Waals surface area contributed by atoms with Gasteiger partial charge in [-0.1, -0.05) is 54.1 Å². The fraction of sp³-hybridized carbons (Fsp3) is 0.167. The van der Waals surface area contributed by atoms with Crippen LogP contribution in [0.25, 0.3) is 0 Å². The minimum atomic E-state index is -0.426. The lowest BCUT2D eigenvalue weighted by molar-refractivity contribution is -0.135. The number of amides is 2. The van der Waals surface area contributed by atoms with Gasteiger partial charge in [0, 0.05) is 16.3 Å². The Labute approximate surface area is 180 Å². The van der Waals surface area contributed by atoms with Gasteiger partial charge in [-0.15, -0.1) is 0 Å². The van der Waals surface area contributed by atoms with Gasteiger partial charge in [0.05, 0.1) is 19.6 Å². The third-order valence-electron chi connectivity index (χ3n) is 5.16. The van der Waals surface area contributed by atoms with Crippen molar-refractivity contribution in [1.29, 1.82) is 0 Å². The molecule has 1 N–H and O–H groups in total. The Morgan fingerprint density at radius 3 is 2.53 bits per heavy atom. The van der Waals surface area contributed by atoms with Crippen molar-refractivity contribution in [2.24, 2.45) is 0 Å². The number of fused-ring (bicyclic) bond motifs is 1. The lowest BCUT2D eigenvalue weighted by Crippen LogP contribution is -2.39. The maximum absolute atomic E-state index is 13.4. The topological polar surface area (TPSA) is 58.6 Å². The molecule has 0 spiro atoms. The molecule has 0 saturated carbocycles. The molecule has 4 rings (SSSR count). The van der Waals surface area contributed by atoms with Crippen molar-refractivity contribution in [2.45, 2.75) is 12.5 Å². The number of carbonyl (C=O) groups excluding carboxylic acids is 2. The zero-order valence-corrected chi connectivity index (χ0v) is 17.2. The molecule has 0 saturated heterocycles. The highest BCUT2D eigenvalue weighted by atomic mass is 35.5. The lowest BCUT2D eigenvalue weighted by Gasteiger charge is -2.31. The predicted molar refractivity (Wildman–Crippen MR) is 117 cm³/mol. The van der Waals surface area contributed by atoms with Crippen LogP contribution < -0.4 is 10.1 Å². The van der Waals surface area contributed by atoms with Crippen molar-refractivity contribution in [2.75, 3.05) is 19.0 Å². The Kier molecular flexibility index (Phi) is 5.72. The molecule has 0 aliphatic carbocycles. The van der Waals surface area contributed by atoms with E-state index in [-0.39, 0.29) is 24.8 Å². The second-order valence-electron chi connectivity index (χ2n) is 7.14. The number of halogens is 1. The van der Waals surface area contributed by atoms with Crippen LogP contribution >= 0.6 is 11.6 Å². The van der Waals surface area contributed by atoms with Crippen LogP contribution in [0.3, 0.4) is 0 Å². The van der Waals surface area contributed by atoms with Crippen LogP contribution in [0.4, 0.5) is 5.69 Å². The van der Waals surface area contributed by atoms with Crippen LogP contribution in [0.5, 0.6) is 5.75 Å². The Morgan fingerprint density at radius 2 is 1.83 bits per heavy atom. The highest BCUT2D eigenvalue weighted by Crippen LogP contribution is 2.37. The summed E-state index contributed by atoms with van der Waals surface area (Å²) in [5.41, 5.74) is 3.23. The van der Waals surface area contributed by atoms with E-state index in [1.165, 1.54) is 0 Å². The number of carbonyl (C=O) groups is 2. The maximum atomic E-state index is 13.4. The third-order valence-corrected chi connectivity index (χ3v) is 5.39. The number of anilines is 1. The van der Waals surface area contributed by atoms with E-state index < -0.39 is 6.04 Å². The van der Waals surface area contributed by atoms with Gasteiger partial charge in [0.2, 0.25) is 11.8 Å². The summed E-state index contributed by atoms with van der Waals surface area (Å²) in [6, 6.07) is 21.9. The fourth-order valence-electron chi connectivity index (χ4n) is 3.72. The molecule has 152 valence electrons. The Bertz CT molecular complexity index is 1070. The van der Waals surface area contributed by atoms with Crippen molar-refractivity contribution in [1.82, 2.24) is 4.90 Å². The van der Waals surface area contributed by atoms with E-state index in [0.717, 1.165) is 22.4 Å². The molecule has 0 radical (unpaired) electrons. The number of ether oxygens (including phenoxy) is 1. The first-order valence-electron chi connectivity index (χ1n) is 9.62. The van der Waals surface area contributed by atoms with Crippen molar-refractivity contribution in [3.8, 4) is 5.75 Å². The Balaban J connectivity index is 1.75. The van der Waals surface area contributed by atoms with Crippen LogP contribution in [-0.4, -0.2) is 30.4 Å². The first kappa shape index (κ1) is 20.0. The van der Waals surface area contributed by atoms with Gasteiger partial charge in [-0.2, -0.15) is 0 Å². The average Bonchev–Trinajstić information content (AvgIpc) is 2.90. The summed E-state index contributed by atoms with van der Waals surface area (Å²) >= 11 is 6.28. The highest BCUT2D eigenvalue weighted by molar-refractivity contribution is 6.30. The van der Waals surface area contributed by atoms with Crippen LogP contribution in [0, 0.1) is 0 Å². The fourth-order valence-corrected chi connectivity index (χ4v) is 3.90. The van der Waals surface area contributed by atoms with Crippen molar-refractivity contribution < 1.29 is 14.3 Å². The zero-order chi connectivity index (χ0) is 21.1.